The van der Waals surface area contributed by atoms with Crippen LogP contribution in [0, 0.1) is 13.8 Å². The molecule has 0 fully saturated rings. The largest absolute Gasteiger partial charge is 0.326 e. The number of rotatable bonds is 4. The van der Waals surface area contributed by atoms with Crippen LogP contribution in [0.2, 0.25) is 0 Å². The first-order valence-electron chi connectivity index (χ1n) is 8.47. The van der Waals surface area contributed by atoms with Gasteiger partial charge in [-0.15, -0.1) is 11.3 Å². The van der Waals surface area contributed by atoms with Crippen molar-refractivity contribution < 1.29 is 4.79 Å². The van der Waals surface area contributed by atoms with Crippen molar-refractivity contribution in [3.05, 3.63) is 76.9 Å². The molecule has 0 spiro atoms. The molecule has 0 aliphatic carbocycles. The molecular weight excluding hydrogens is 342 g/mol. The third kappa shape index (κ3) is 3.39. The van der Waals surface area contributed by atoms with Gasteiger partial charge in [-0.3, -0.25) is 9.20 Å². The first kappa shape index (κ1) is 16.5. The summed E-state index contributed by atoms with van der Waals surface area (Å²) in [5.41, 5.74) is 6.13. The lowest BCUT2D eigenvalue weighted by molar-refractivity contribution is -0.115. The van der Waals surface area contributed by atoms with Crippen molar-refractivity contribution in [3.63, 3.8) is 0 Å². The molecule has 1 amide bonds. The molecule has 0 saturated heterocycles. The van der Waals surface area contributed by atoms with E-state index in [4.69, 9.17) is 0 Å². The number of benzene rings is 2. The lowest BCUT2D eigenvalue weighted by atomic mass is 10.1. The third-order valence-electron chi connectivity index (χ3n) is 4.27. The number of amides is 1. The maximum absolute atomic E-state index is 12.4. The van der Waals surface area contributed by atoms with Gasteiger partial charge in [0.05, 0.1) is 12.1 Å². The highest BCUT2D eigenvalue weighted by molar-refractivity contribution is 7.15. The van der Waals surface area contributed by atoms with Crippen LogP contribution < -0.4 is 5.32 Å². The molecule has 4 rings (SSSR count). The number of fused-ring (bicyclic) bond motifs is 1. The van der Waals surface area contributed by atoms with E-state index in [1.54, 1.807) is 11.3 Å². The van der Waals surface area contributed by atoms with E-state index in [0.717, 1.165) is 33.2 Å². The van der Waals surface area contributed by atoms with Crippen molar-refractivity contribution in [3.8, 4) is 11.3 Å². The second-order valence-electron chi connectivity index (χ2n) is 6.47. The van der Waals surface area contributed by atoms with E-state index in [2.05, 4.69) is 41.5 Å². The third-order valence-corrected chi connectivity index (χ3v) is 5.16. The normalized spacial score (nSPS) is 11.0. The topological polar surface area (TPSA) is 46.4 Å². The number of carbonyl (C=O) groups is 1. The quantitative estimate of drug-likeness (QED) is 0.564. The van der Waals surface area contributed by atoms with E-state index < -0.39 is 0 Å². The van der Waals surface area contributed by atoms with Gasteiger partial charge in [0.2, 0.25) is 5.91 Å². The zero-order chi connectivity index (χ0) is 18.1. The molecule has 0 unspecified atom stereocenters. The number of imidazole rings is 1. The van der Waals surface area contributed by atoms with E-state index in [1.807, 2.05) is 47.2 Å². The Bertz CT molecular complexity index is 1080. The predicted molar refractivity (Wildman–Crippen MR) is 107 cm³/mol. The van der Waals surface area contributed by atoms with Crippen molar-refractivity contribution in [2.45, 2.75) is 20.3 Å². The fraction of sp³-hybridized carbons (Fsp3) is 0.143. The summed E-state index contributed by atoms with van der Waals surface area (Å²) in [6, 6.07) is 16.1. The number of anilines is 1. The fourth-order valence-corrected chi connectivity index (χ4v) is 3.79. The number of thiazole rings is 1. The summed E-state index contributed by atoms with van der Waals surface area (Å²) in [6.07, 6.45) is 2.32. The van der Waals surface area contributed by atoms with Crippen molar-refractivity contribution >= 4 is 27.9 Å². The van der Waals surface area contributed by atoms with Crippen LogP contribution in [-0.4, -0.2) is 15.3 Å². The van der Waals surface area contributed by atoms with Gasteiger partial charge in [0.1, 0.15) is 0 Å². The van der Waals surface area contributed by atoms with E-state index in [1.165, 1.54) is 5.56 Å². The molecule has 4 aromatic rings. The van der Waals surface area contributed by atoms with Gasteiger partial charge in [0.15, 0.2) is 4.96 Å². The van der Waals surface area contributed by atoms with Crippen LogP contribution in [0.1, 0.15) is 16.8 Å². The number of nitrogens with zero attached hydrogens (tertiary/aromatic N) is 2. The van der Waals surface area contributed by atoms with Crippen molar-refractivity contribution in [1.29, 1.82) is 0 Å². The summed E-state index contributed by atoms with van der Waals surface area (Å²) < 4.78 is 2.01. The van der Waals surface area contributed by atoms with Gasteiger partial charge in [-0.1, -0.05) is 42.0 Å². The first-order valence-corrected chi connectivity index (χ1v) is 9.35. The van der Waals surface area contributed by atoms with Gasteiger partial charge in [-0.25, -0.2) is 4.98 Å². The number of nitrogens with one attached hydrogen (secondary N) is 1. The molecule has 0 aliphatic rings. The maximum Gasteiger partial charge on any atom is 0.230 e. The van der Waals surface area contributed by atoms with Crippen LogP contribution >= 0.6 is 11.3 Å². The second kappa shape index (κ2) is 6.77. The summed E-state index contributed by atoms with van der Waals surface area (Å²) in [7, 11) is 0. The maximum atomic E-state index is 12.4. The predicted octanol–water partition coefficient (Wildman–Crippen LogP) is 4.86. The van der Waals surface area contributed by atoms with E-state index in [9.17, 15) is 4.79 Å². The summed E-state index contributed by atoms with van der Waals surface area (Å²) in [5.74, 6) is -0.0270. The first-order chi connectivity index (χ1) is 12.6. The zero-order valence-corrected chi connectivity index (χ0v) is 15.5. The molecule has 2 aromatic heterocycles. The van der Waals surface area contributed by atoms with Gasteiger partial charge in [-0.05, 0) is 31.5 Å². The Morgan fingerprint density at radius 3 is 2.69 bits per heavy atom. The van der Waals surface area contributed by atoms with Gasteiger partial charge in [0, 0.05) is 28.5 Å². The minimum absolute atomic E-state index is 0.0270. The average molecular weight is 361 g/mol. The Morgan fingerprint density at radius 2 is 1.92 bits per heavy atom. The monoisotopic (exact) mass is 361 g/mol. The molecular formula is C21H19N3OS. The van der Waals surface area contributed by atoms with Gasteiger partial charge in [0.25, 0.3) is 0 Å². The standard InChI is InChI=1S/C21H19N3OS/c1-14-6-8-16(9-7-14)19-12-24-18(13-26-21(24)23-19)11-20(25)22-17-5-3-4-15(2)10-17/h3-10,12-13H,11H2,1-2H3,(H,22,25). The van der Waals surface area contributed by atoms with E-state index in [-0.39, 0.29) is 5.91 Å². The Hall–Kier alpha value is -2.92. The number of aryl methyl sites for hydroxylation is 2. The summed E-state index contributed by atoms with van der Waals surface area (Å²) >= 11 is 1.56. The second-order valence-corrected chi connectivity index (χ2v) is 7.30. The summed E-state index contributed by atoms with van der Waals surface area (Å²) in [5, 5.41) is 4.96. The molecule has 2 heterocycles. The summed E-state index contributed by atoms with van der Waals surface area (Å²) in [4.78, 5) is 18.0. The molecule has 4 nitrogen and oxygen atoms in total. The highest BCUT2D eigenvalue weighted by Crippen LogP contribution is 2.24. The van der Waals surface area contributed by atoms with Crippen LogP contribution in [0.5, 0.6) is 0 Å². The Labute approximate surface area is 156 Å². The molecule has 0 radical (unpaired) electrons. The number of carbonyl (C=O) groups excluding carboxylic acids is 1. The Morgan fingerprint density at radius 1 is 1.12 bits per heavy atom. The molecule has 0 bridgehead atoms. The Kier molecular flexibility index (Phi) is 4.31. The van der Waals surface area contributed by atoms with Crippen LogP contribution in [0.15, 0.2) is 60.1 Å². The molecule has 0 saturated carbocycles. The van der Waals surface area contributed by atoms with Crippen LogP contribution in [0.3, 0.4) is 0 Å². The smallest absolute Gasteiger partial charge is 0.230 e. The van der Waals surface area contributed by atoms with Crippen molar-refractivity contribution in [2.24, 2.45) is 0 Å². The van der Waals surface area contributed by atoms with Crippen molar-refractivity contribution in [1.82, 2.24) is 9.38 Å². The van der Waals surface area contributed by atoms with Crippen LogP contribution in [0.4, 0.5) is 5.69 Å². The molecule has 5 heteroatoms. The fourth-order valence-electron chi connectivity index (χ4n) is 2.91. The minimum Gasteiger partial charge on any atom is -0.326 e. The SMILES string of the molecule is Cc1ccc(-c2cn3c(CC(=O)Nc4cccc(C)c4)csc3n2)cc1. The van der Waals surface area contributed by atoms with E-state index >= 15 is 0 Å². The number of aromatic nitrogens is 2. The minimum atomic E-state index is -0.0270. The summed E-state index contributed by atoms with van der Waals surface area (Å²) in [6.45, 7) is 4.08. The van der Waals surface area contributed by atoms with Gasteiger partial charge in [-0.2, -0.15) is 0 Å². The molecule has 2 aromatic carbocycles. The van der Waals surface area contributed by atoms with E-state index in [0.29, 0.717) is 6.42 Å². The molecule has 26 heavy (non-hydrogen) atoms. The lowest BCUT2D eigenvalue weighted by Crippen LogP contribution is -2.15. The van der Waals surface area contributed by atoms with Gasteiger partial charge < -0.3 is 5.32 Å². The zero-order valence-electron chi connectivity index (χ0n) is 14.7. The molecule has 0 aliphatic heterocycles. The lowest BCUT2D eigenvalue weighted by Gasteiger charge is -2.05. The van der Waals surface area contributed by atoms with Gasteiger partial charge >= 0.3 is 0 Å². The molecule has 130 valence electrons. The van der Waals surface area contributed by atoms with Crippen LogP contribution in [0.25, 0.3) is 16.2 Å². The molecule has 1 N–H and O–H groups in total. The highest BCUT2D eigenvalue weighted by Gasteiger charge is 2.13. The number of hydrogen-bond acceptors (Lipinski definition) is 3. The average Bonchev–Trinajstić information content (AvgIpc) is 3.18. The highest BCUT2D eigenvalue weighted by atomic mass is 32.1. The van der Waals surface area contributed by atoms with Crippen LogP contribution in [-0.2, 0) is 11.2 Å². The molecule has 0 atom stereocenters. The van der Waals surface area contributed by atoms with Crippen molar-refractivity contribution in [2.75, 3.05) is 5.32 Å². The Balaban J connectivity index is 1.55. The number of hydrogen-bond donors (Lipinski definition) is 1.